The molecule has 0 radical (unpaired) electrons. The highest BCUT2D eigenvalue weighted by Crippen LogP contribution is 2.37. The minimum Gasteiger partial charge on any atom is -0.428 e. The van der Waals surface area contributed by atoms with E-state index in [1.807, 2.05) is 79.7 Å². The van der Waals surface area contributed by atoms with Gasteiger partial charge in [-0.3, -0.25) is 14.5 Å². The normalized spacial score (nSPS) is 11.4. The van der Waals surface area contributed by atoms with Crippen LogP contribution in [0.25, 0.3) is 33.1 Å². The van der Waals surface area contributed by atoms with E-state index in [2.05, 4.69) is 40.9 Å². The number of carbonyl (C=O) groups is 2. The Labute approximate surface area is 434 Å². The lowest BCUT2D eigenvalue weighted by Crippen LogP contribution is -2.30. The van der Waals surface area contributed by atoms with Gasteiger partial charge in [0.05, 0.1) is 17.7 Å². The molecule has 75 heavy (non-hydrogen) atoms. The Kier molecular flexibility index (Phi) is 17.4. The van der Waals surface area contributed by atoms with E-state index in [1.165, 1.54) is 21.6 Å². The fourth-order valence-electron chi connectivity index (χ4n) is 6.02. The van der Waals surface area contributed by atoms with Gasteiger partial charge in [-0.15, -0.1) is 15.3 Å². The summed E-state index contributed by atoms with van der Waals surface area (Å²) in [4.78, 5) is 51.1. The van der Waals surface area contributed by atoms with Crippen molar-refractivity contribution in [1.29, 1.82) is 0 Å². The first-order valence-corrected chi connectivity index (χ1v) is 25.6. The molecular weight excluding hydrogens is 1070 g/mol. The van der Waals surface area contributed by atoms with E-state index >= 15 is 0 Å². The summed E-state index contributed by atoms with van der Waals surface area (Å²) in [5.74, 6) is 0. The molecular formula is C47H33F6N11O7S4. The molecule has 18 nitrogen and oxygen atoms in total. The van der Waals surface area contributed by atoms with Crippen molar-refractivity contribution in [2.75, 3.05) is 0 Å². The van der Waals surface area contributed by atoms with Gasteiger partial charge in [0, 0.05) is 22.2 Å². The molecule has 0 aliphatic heterocycles. The molecule has 0 spiro atoms. The Morgan fingerprint density at radius 3 is 1.37 bits per heavy atom. The predicted molar refractivity (Wildman–Crippen MR) is 263 cm³/mol. The van der Waals surface area contributed by atoms with Crippen molar-refractivity contribution in [2.45, 2.75) is 52.3 Å². The highest BCUT2D eigenvalue weighted by Gasteiger charge is 2.32. The molecule has 0 aliphatic carbocycles. The smallest absolute Gasteiger partial charge is 0.428 e. The molecule has 0 saturated carbocycles. The largest absolute Gasteiger partial charge is 0.562 e. The number of hydrogen-bond donors (Lipinski definition) is 1. The van der Waals surface area contributed by atoms with Crippen LogP contribution >= 0.6 is 43.2 Å². The number of aryl methyl sites for hydroxylation is 1. The third-order valence-corrected chi connectivity index (χ3v) is 14.2. The summed E-state index contributed by atoms with van der Waals surface area (Å²) in [6, 6.07) is 37.4. The third-order valence-electron chi connectivity index (χ3n) is 9.65. The van der Waals surface area contributed by atoms with Crippen molar-refractivity contribution in [3.05, 3.63) is 180 Å². The number of aliphatic hydroxyl groups excluding tert-OH is 1. The summed E-state index contributed by atoms with van der Waals surface area (Å²) in [6.45, 7) is 1.84. The lowest BCUT2D eigenvalue weighted by atomic mass is 10.2. The van der Waals surface area contributed by atoms with Crippen LogP contribution in [0.1, 0.15) is 27.8 Å². The quantitative estimate of drug-likeness (QED) is 0.0522. The van der Waals surface area contributed by atoms with Gasteiger partial charge in [-0.2, -0.15) is 31.1 Å². The number of hydrogen-bond acceptors (Lipinski definition) is 19. The summed E-state index contributed by atoms with van der Waals surface area (Å²) < 4.78 is 82.3. The van der Waals surface area contributed by atoms with Crippen molar-refractivity contribution in [3.63, 3.8) is 0 Å². The number of ether oxygens (including phenoxy) is 1. The third kappa shape index (κ3) is 14.9. The van der Waals surface area contributed by atoms with E-state index in [0.29, 0.717) is 26.3 Å². The average Bonchev–Trinajstić information content (AvgIpc) is 4.13. The summed E-state index contributed by atoms with van der Waals surface area (Å²) in [7, 11) is 6.35. The average molecular weight is 1110 g/mol. The Morgan fingerprint density at radius 1 is 0.520 bits per heavy atom. The number of aliphatic hydroxyl groups is 1. The molecule has 5 aromatic carbocycles. The van der Waals surface area contributed by atoms with Crippen LogP contribution in [-0.4, -0.2) is 72.9 Å². The number of aromatic nitrogens is 11. The summed E-state index contributed by atoms with van der Waals surface area (Å²) in [5.41, 5.74) is 1.56. The number of halogens is 6. The summed E-state index contributed by atoms with van der Waals surface area (Å²) >= 11 is 0. The van der Waals surface area contributed by atoms with Crippen LogP contribution in [0.4, 0.5) is 35.9 Å². The van der Waals surface area contributed by atoms with Crippen LogP contribution in [0, 0.1) is 6.92 Å². The maximum atomic E-state index is 12.9. The maximum absolute atomic E-state index is 12.9. The summed E-state index contributed by atoms with van der Waals surface area (Å²) in [5, 5.41) is 32.6. The van der Waals surface area contributed by atoms with Gasteiger partial charge in [-0.25, -0.2) is 14.8 Å². The number of nitrogens with zero attached hydrogens (tertiary/aromatic N) is 11. The van der Waals surface area contributed by atoms with E-state index in [9.17, 15) is 35.9 Å². The molecule has 384 valence electrons. The second kappa shape index (κ2) is 24.4. The van der Waals surface area contributed by atoms with Crippen molar-refractivity contribution < 1.29 is 60.3 Å². The molecule has 28 heteroatoms. The highest BCUT2D eigenvalue weighted by atomic mass is 33.1. The van der Waals surface area contributed by atoms with Crippen LogP contribution < -0.4 is 14.5 Å². The number of fused-ring (bicyclic) bond motifs is 3. The molecule has 0 amide bonds. The van der Waals surface area contributed by atoms with Gasteiger partial charge in [-0.1, -0.05) is 78.6 Å². The van der Waals surface area contributed by atoms with Gasteiger partial charge in [0.2, 0.25) is 0 Å². The molecule has 0 atom stereocenters. The minimum atomic E-state index is -4.57. The van der Waals surface area contributed by atoms with Gasteiger partial charge in [0.15, 0.2) is 0 Å². The Hall–Kier alpha value is -7.92. The maximum Gasteiger partial charge on any atom is 0.562 e. The molecule has 10 aromatic rings. The number of carbonyl (C=O) groups excluding carboxylic acids is 2. The first-order chi connectivity index (χ1) is 36.1. The number of alkyl halides is 6. The van der Waals surface area contributed by atoms with Gasteiger partial charge >= 0.3 is 24.7 Å². The van der Waals surface area contributed by atoms with Crippen molar-refractivity contribution in [1.82, 2.24) is 55.4 Å². The molecule has 0 saturated heterocycles. The second-order valence-corrected chi connectivity index (χ2v) is 19.4. The molecule has 0 aliphatic rings. The zero-order valence-electron chi connectivity index (χ0n) is 38.1. The van der Waals surface area contributed by atoms with E-state index < -0.39 is 35.8 Å². The van der Waals surface area contributed by atoms with E-state index in [0.717, 1.165) is 72.2 Å². The van der Waals surface area contributed by atoms with Crippen LogP contribution in [0.3, 0.4) is 0 Å². The highest BCUT2D eigenvalue weighted by molar-refractivity contribution is 8.77. The molecule has 5 heterocycles. The van der Waals surface area contributed by atoms with Gasteiger partial charge in [0.1, 0.15) is 49.8 Å². The number of pyridine rings is 2. The van der Waals surface area contributed by atoms with Gasteiger partial charge < -0.3 is 9.84 Å². The second-order valence-electron chi connectivity index (χ2n) is 15.0. The fourth-order valence-corrected chi connectivity index (χ4v) is 9.70. The zero-order valence-corrected chi connectivity index (χ0v) is 41.3. The van der Waals surface area contributed by atoms with Gasteiger partial charge in [0.25, 0.3) is 0 Å². The minimum absolute atomic E-state index is 0.0857. The molecule has 1 N–H and O–H groups in total. The van der Waals surface area contributed by atoms with Crippen LogP contribution in [0.2, 0.25) is 0 Å². The van der Waals surface area contributed by atoms with Crippen molar-refractivity contribution in [2.24, 2.45) is 0 Å². The van der Waals surface area contributed by atoms with E-state index in [1.54, 1.807) is 64.3 Å². The van der Waals surface area contributed by atoms with Crippen LogP contribution in [-0.2, 0) is 30.3 Å². The fraction of sp³-hybridized carbons (Fsp3) is 0.106. The molecule has 0 fully saturated rings. The molecule has 0 bridgehead atoms. The Morgan fingerprint density at radius 2 is 0.947 bits per heavy atom. The van der Waals surface area contributed by atoms with Gasteiger partial charge in [-0.05, 0) is 158 Å². The summed E-state index contributed by atoms with van der Waals surface area (Å²) in [6.07, 6.45) is -8.02. The van der Waals surface area contributed by atoms with Crippen molar-refractivity contribution >= 4 is 88.6 Å². The first-order valence-electron chi connectivity index (χ1n) is 21.3. The van der Waals surface area contributed by atoms with Crippen molar-refractivity contribution in [3.8, 4) is 0 Å². The number of benzene rings is 5. The first kappa shape index (κ1) is 53.4. The lowest BCUT2D eigenvalue weighted by molar-refractivity contribution is -0.138. The Balaban J connectivity index is 0.000000157. The van der Waals surface area contributed by atoms with E-state index in [4.69, 9.17) is 24.4 Å². The Bertz CT molecular complexity index is 3520. The van der Waals surface area contributed by atoms with E-state index in [-0.39, 0.29) is 35.3 Å². The number of rotatable bonds is 12. The zero-order chi connectivity index (χ0) is 53.0. The monoisotopic (exact) mass is 1110 g/mol. The molecule has 5 aromatic heterocycles. The van der Waals surface area contributed by atoms with Crippen LogP contribution in [0.15, 0.2) is 172 Å². The lowest BCUT2D eigenvalue weighted by Gasteiger charge is -2.08. The van der Waals surface area contributed by atoms with Crippen LogP contribution in [0.5, 0.6) is 0 Å². The SMILES string of the molecule is Cc1ccc2nnn(OC(=O)On3nnc4ccc(C(F)(F)F)cc43)c2c1.O=C(OCc1ccc(SSc2ccccn2)cc1)On1nnc2ccc(C(F)(F)F)cc21.OCc1ccc(SSc2ccccn2)cc1. The standard InChI is InChI=1S/C20H13F3N4O3S2.C15H9F3N6O3.C12H11NOS2/c21-20(22,23)14-6-9-16-17(11-14)27(26-25-16)30-19(28)29-12-13-4-7-15(8-5-13)31-32-18-3-1-2-10-24-18;1-8-2-4-10-12(6-8)23(21-19-10)26-14(25)27-24-13-7-9(15(16,17)18)3-5-11(13)20-22-24;14-9-10-4-6-11(7-5-10)15-16-12-3-1-2-8-13-12/h1-11H,12H2;2-7H,1H3;1-8,14H,9H2. The molecule has 0 unspecified atom stereocenters. The molecule has 10 rings (SSSR count). The predicted octanol–water partition coefficient (Wildman–Crippen LogP) is 11.0. The topological polar surface area (TPSA) is 209 Å².